The molecule has 0 atom stereocenters. The van der Waals surface area contributed by atoms with Crippen LogP contribution in [0.15, 0.2) is 48.5 Å². The first-order chi connectivity index (χ1) is 12.1. The van der Waals surface area contributed by atoms with Crippen molar-refractivity contribution in [2.45, 2.75) is 32.8 Å². The minimum absolute atomic E-state index is 0.179. The summed E-state index contributed by atoms with van der Waals surface area (Å²) >= 11 is 0. The van der Waals surface area contributed by atoms with E-state index in [-0.39, 0.29) is 12.1 Å². The number of carbonyl (C=O) groups is 1. The van der Waals surface area contributed by atoms with Crippen molar-refractivity contribution in [2.24, 2.45) is 0 Å². The lowest BCUT2D eigenvalue weighted by molar-refractivity contribution is 0.242. The van der Waals surface area contributed by atoms with Crippen LogP contribution >= 0.6 is 0 Å². The van der Waals surface area contributed by atoms with Gasteiger partial charge in [0.05, 0.1) is 13.2 Å². The summed E-state index contributed by atoms with van der Waals surface area (Å²) in [5.41, 5.74) is 1.93. The molecule has 0 aliphatic heterocycles. The maximum Gasteiger partial charge on any atom is 0.319 e. The lowest BCUT2D eigenvalue weighted by atomic mass is 10.1. The van der Waals surface area contributed by atoms with Crippen LogP contribution in [0.1, 0.15) is 25.8 Å². The molecule has 2 amide bonds. The Kier molecular flexibility index (Phi) is 7.14. The molecule has 0 aromatic heterocycles. The number of carbonyl (C=O) groups excluding carboxylic acids is 1. The van der Waals surface area contributed by atoms with E-state index >= 15 is 0 Å². The van der Waals surface area contributed by atoms with Crippen molar-refractivity contribution >= 4 is 11.7 Å². The molecule has 0 aliphatic rings. The van der Waals surface area contributed by atoms with Crippen LogP contribution in [0, 0.1) is 0 Å². The second kappa shape index (κ2) is 9.57. The Hall–Kier alpha value is -2.69. The van der Waals surface area contributed by atoms with Gasteiger partial charge in [0.1, 0.15) is 11.5 Å². The number of amides is 2. The van der Waals surface area contributed by atoms with Gasteiger partial charge in [-0.05, 0) is 56.5 Å². The first-order valence-electron chi connectivity index (χ1n) is 8.51. The van der Waals surface area contributed by atoms with Gasteiger partial charge in [0.15, 0.2) is 0 Å². The van der Waals surface area contributed by atoms with Crippen LogP contribution in [0.3, 0.4) is 0 Å². The van der Waals surface area contributed by atoms with Crippen LogP contribution in [0.4, 0.5) is 10.5 Å². The van der Waals surface area contributed by atoms with Crippen molar-refractivity contribution in [1.29, 1.82) is 0 Å². The molecule has 0 unspecified atom stereocenters. The van der Waals surface area contributed by atoms with Gasteiger partial charge in [-0.1, -0.05) is 18.2 Å². The highest BCUT2D eigenvalue weighted by atomic mass is 16.5. The van der Waals surface area contributed by atoms with Crippen molar-refractivity contribution < 1.29 is 14.3 Å². The molecule has 2 N–H and O–H groups in total. The molecular formula is C20H26N2O3. The SMILES string of the molecule is COc1cccc(NC(=O)NCCCc2ccc(OC(C)C)cc2)c1. The van der Waals surface area contributed by atoms with Gasteiger partial charge >= 0.3 is 6.03 Å². The lowest BCUT2D eigenvalue weighted by Crippen LogP contribution is -2.29. The Morgan fingerprint density at radius 1 is 1.08 bits per heavy atom. The fourth-order valence-corrected chi connectivity index (χ4v) is 2.38. The molecule has 5 nitrogen and oxygen atoms in total. The fraction of sp³-hybridized carbons (Fsp3) is 0.350. The van der Waals surface area contributed by atoms with E-state index in [1.807, 2.05) is 44.2 Å². The van der Waals surface area contributed by atoms with Gasteiger partial charge in [0.25, 0.3) is 0 Å². The number of hydrogen-bond acceptors (Lipinski definition) is 3. The predicted octanol–water partition coefficient (Wildman–Crippen LogP) is 4.24. The van der Waals surface area contributed by atoms with Crippen LogP contribution in [0.25, 0.3) is 0 Å². The number of benzene rings is 2. The smallest absolute Gasteiger partial charge is 0.319 e. The third kappa shape index (κ3) is 6.75. The Bertz CT molecular complexity index is 669. The molecule has 0 fully saturated rings. The number of ether oxygens (including phenoxy) is 2. The quantitative estimate of drug-likeness (QED) is 0.706. The zero-order chi connectivity index (χ0) is 18.1. The average Bonchev–Trinajstić information content (AvgIpc) is 2.60. The van der Waals surface area contributed by atoms with E-state index in [9.17, 15) is 4.79 Å². The van der Waals surface area contributed by atoms with Crippen molar-refractivity contribution in [3.05, 3.63) is 54.1 Å². The second-order valence-corrected chi connectivity index (χ2v) is 6.03. The van der Waals surface area contributed by atoms with E-state index in [0.717, 1.165) is 18.6 Å². The first kappa shape index (κ1) is 18.6. The van der Waals surface area contributed by atoms with Gasteiger partial charge in [-0.3, -0.25) is 0 Å². The molecule has 0 radical (unpaired) electrons. The molecule has 2 aromatic rings. The Morgan fingerprint density at radius 2 is 1.84 bits per heavy atom. The normalized spacial score (nSPS) is 10.4. The maximum atomic E-state index is 11.9. The van der Waals surface area contributed by atoms with E-state index in [1.165, 1.54) is 5.56 Å². The maximum absolute atomic E-state index is 11.9. The highest BCUT2D eigenvalue weighted by Crippen LogP contribution is 2.16. The summed E-state index contributed by atoms with van der Waals surface area (Å²) in [6, 6.07) is 15.2. The summed E-state index contributed by atoms with van der Waals surface area (Å²) in [7, 11) is 1.60. The number of nitrogens with one attached hydrogen (secondary N) is 2. The summed E-state index contributed by atoms with van der Waals surface area (Å²) in [6.45, 7) is 4.63. The number of methoxy groups -OCH3 is 1. The van der Waals surface area contributed by atoms with Gasteiger partial charge in [-0.15, -0.1) is 0 Å². The summed E-state index contributed by atoms with van der Waals surface area (Å²) in [5, 5.41) is 5.66. The van der Waals surface area contributed by atoms with Crippen LogP contribution in [0.5, 0.6) is 11.5 Å². The Balaban J connectivity index is 1.69. The Labute approximate surface area is 149 Å². The highest BCUT2D eigenvalue weighted by molar-refractivity contribution is 5.89. The van der Waals surface area contributed by atoms with E-state index in [1.54, 1.807) is 13.2 Å². The first-order valence-corrected chi connectivity index (χ1v) is 8.51. The van der Waals surface area contributed by atoms with E-state index in [4.69, 9.17) is 9.47 Å². The molecule has 0 saturated carbocycles. The van der Waals surface area contributed by atoms with Gasteiger partial charge in [0, 0.05) is 18.3 Å². The molecule has 134 valence electrons. The molecular weight excluding hydrogens is 316 g/mol. The monoisotopic (exact) mass is 342 g/mol. The van der Waals surface area contributed by atoms with Crippen LogP contribution in [0.2, 0.25) is 0 Å². The molecule has 5 heteroatoms. The largest absolute Gasteiger partial charge is 0.497 e. The number of hydrogen-bond donors (Lipinski definition) is 2. The van der Waals surface area contributed by atoms with Crippen LogP contribution in [-0.4, -0.2) is 25.8 Å². The van der Waals surface area contributed by atoms with Crippen LogP contribution in [-0.2, 0) is 6.42 Å². The van der Waals surface area contributed by atoms with Crippen molar-refractivity contribution in [2.75, 3.05) is 19.0 Å². The molecule has 2 aromatic carbocycles. The molecule has 0 aliphatic carbocycles. The number of urea groups is 1. The third-order valence-electron chi connectivity index (χ3n) is 3.55. The predicted molar refractivity (Wildman–Crippen MR) is 101 cm³/mol. The zero-order valence-corrected chi connectivity index (χ0v) is 15.0. The zero-order valence-electron chi connectivity index (χ0n) is 15.0. The van der Waals surface area contributed by atoms with Gasteiger partial charge in [-0.25, -0.2) is 4.79 Å². The number of anilines is 1. The number of rotatable bonds is 8. The van der Waals surface area contributed by atoms with E-state index in [0.29, 0.717) is 18.0 Å². The molecule has 2 rings (SSSR count). The van der Waals surface area contributed by atoms with Crippen molar-refractivity contribution in [3.63, 3.8) is 0 Å². The average molecular weight is 342 g/mol. The minimum Gasteiger partial charge on any atom is -0.497 e. The lowest BCUT2D eigenvalue weighted by Gasteiger charge is -2.10. The van der Waals surface area contributed by atoms with Crippen LogP contribution < -0.4 is 20.1 Å². The summed E-state index contributed by atoms with van der Waals surface area (Å²) in [6.07, 6.45) is 1.95. The summed E-state index contributed by atoms with van der Waals surface area (Å²) < 4.78 is 10.8. The fourth-order valence-electron chi connectivity index (χ4n) is 2.38. The summed E-state index contributed by atoms with van der Waals surface area (Å²) in [4.78, 5) is 11.9. The van der Waals surface area contributed by atoms with Crippen molar-refractivity contribution in [1.82, 2.24) is 5.32 Å². The molecule has 0 heterocycles. The Morgan fingerprint density at radius 3 is 2.52 bits per heavy atom. The van der Waals surface area contributed by atoms with Gasteiger partial charge in [-0.2, -0.15) is 0 Å². The number of aryl methyl sites for hydroxylation is 1. The topological polar surface area (TPSA) is 59.6 Å². The van der Waals surface area contributed by atoms with Crippen molar-refractivity contribution in [3.8, 4) is 11.5 Å². The standard InChI is InChI=1S/C20H26N2O3/c1-15(2)25-18-11-9-16(10-12-18)6-5-13-21-20(23)22-17-7-4-8-19(14-17)24-3/h4,7-12,14-15H,5-6,13H2,1-3H3,(H2,21,22,23). The molecule has 0 bridgehead atoms. The van der Waals surface area contributed by atoms with E-state index < -0.39 is 0 Å². The van der Waals surface area contributed by atoms with E-state index in [2.05, 4.69) is 22.8 Å². The van der Waals surface area contributed by atoms with Gasteiger partial charge in [0.2, 0.25) is 0 Å². The summed E-state index contributed by atoms with van der Waals surface area (Å²) in [5.74, 6) is 1.59. The minimum atomic E-state index is -0.214. The molecule has 25 heavy (non-hydrogen) atoms. The molecule has 0 saturated heterocycles. The van der Waals surface area contributed by atoms with Gasteiger partial charge < -0.3 is 20.1 Å². The highest BCUT2D eigenvalue weighted by Gasteiger charge is 2.03. The molecule has 0 spiro atoms. The second-order valence-electron chi connectivity index (χ2n) is 6.03. The third-order valence-corrected chi connectivity index (χ3v) is 3.55.